The minimum absolute atomic E-state index is 0.121. The van der Waals surface area contributed by atoms with Crippen LogP contribution in [0.3, 0.4) is 0 Å². The number of aryl methyl sites for hydroxylation is 2. The molecule has 0 radical (unpaired) electrons. The van der Waals surface area contributed by atoms with Crippen LogP contribution in [0.1, 0.15) is 41.8 Å². The largest absolute Gasteiger partial charge is 0.342 e. The van der Waals surface area contributed by atoms with Gasteiger partial charge in [-0.1, -0.05) is 18.2 Å². The van der Waals surface area contributed by atoms with Gasteiger partial charge in [-0.05, 0) is 74.2 Å². The zero-order chi connectivity index (χ0) is 23.1. The second-order valence-corrected chi connectivity index (χ2v) is 8.52. The molecule has 168 valence electrons. The Morgan fingerprint density at radius 3 is 2.61 bits per heavy atom. The van der Waals surface area contributed by atoms with Crippen molar-refractivity contribution in [2.75, 3.05) is 13.1 Å². The number of carbonyl (C=O) groups excluding carboxylic acids is 1. The molecule has 1 aromatic heterocycles. The van der Waals surface area contributed by atoms with Crippen LogP contribution in [0.25, 0.3) is 11.8 Å². The first-order valence-corrected chi connectivity index (χ1v) is 11.2. The van der Waals surface area contributed by atoms with Crippen molar-refractivity contribution in [1.82, 2.24) is 19.4 Å². The number of aliphatic imine (C=N–C) groups is 1. The lowest BCUT2D eigenvalue weighted by Crippen LogP contribution is -2.51. The van der Waals surface area contributed by atoms with Gasteiger partial charge in [0.2, 0.25) is 5.96 Å². The Kier molecular flexibility index (Phi) is 5.32. The molecule has 33 heavy (non-hydrogen) atoms. The van der Waals surface area contributed by atoms with Crippen molar-refractivity contribution in [3.05, 3.63) is 88.9 Å². The molecule has 0 N–H and O–H groups in total. The van der Waals surface area contributed by atoms with Crippen molar-refractivity contribution in [1.29, 1.82) is 0 Å². The lowest BCUT2D eigenvalue weighted by Gasteiger charge is -2.40. The Morgan fingerprint density at radius 2 is 1.94 bits per heavy atom. The average Bonchev–Trinajstić information content (AvgIpc) is 3.37. The van der Waals surface area contributed by atoms with E-state index in [4.69, 9.17) is 4.99 Å². The molecule has 1 saturated heterocycles. The Hall–Kier alpha value is -3.74. The molecule has 0 spiro atoms. The summed E-state index contributed by atoms with van der Waals surface area (Å²) in [6.07, 6.45) is 6.41. The number of aromatic nitrogens is 2. The number of hydrogen-bond acceptors (Lipinski definition) is 4. The molecule has 3 aromatic rings. The molecule has 0 unspecified atom stereocenters. The van der Waals surface area contributed by atoms with E-state index in [0.717, 1.165) is 47.6 Å². The van der Waals surface area contributed by atoms with Gasteiger partial charge in [-0.25, -0.2) is 14.4 Å². The predicted octanol–water partition coefficient (Wildman–Crippen LogP) is 4.63. The number of halogens is 1. The number of imidazole rings is 1. The van der Waals surface area contributed by atoms with E-state index < -0.39 is 0 Å². The summed E-state index contributed by atoms with van der Waals surface area (Å²) < 4.78 is 15.5. The van der Waals surface area contributed by atoms with E-state index >= 15 is 0 Å². The molecular weight excluding hydrogens is 417 g/mol. The lowest BCUT2D eigenvalue weighted by atomic mass is 9.99. The molecule has 1 fully saturated rings. The van der Waals surface area contributed by atoms with Gasteiger partial charge in [-0.15, -0.1) is 0 Å². The van der Waals surface area contributed by atoms with Crippen molar-refractivity contribution >= 4 is 17.9 Å². The van der Waals surface area contributed by atoms with E-state index in [1.807, 2.05) is 42.8 Å². The number of hydrogen-bond donors (Lipinski definition) is 0. The van der Waals surface area contributed by atoms with Crippen LogP contribution >= 0.6 is 0 Å². The molecule has 5 rings (SSSR count). The van der Waals surface area contributed by atoms with Gasteiger partial charge in [0.1, 0.15) is 11.5 Å². The maximum atomic E-state index is 13.5. The smallest absolute Gasteiger partial charge is 0.279 e. The fraction of sp³-hybridized carbons (Fsp3) is 0.269. The highest BCUT2D eigenvalue weighted by atomic mass is 19.1. The molecule has 1 atom stereocenters. The summed E-state index contributed by atoms with van der Waals surface area (Å²) in [6, 6.07) is 12.3. The molecule has 0 bridgehead atoms. The molecule has 3 heterocycles. The first-order valence-electron chi connectivity index (χ1n) is 11.2. The van der Waals surface area contributed by atoms with Crippen LogP contribution < -0.4 is 0 Å². The average molecular weight is 444 g/mol. The van der Waals surface area contributed by atoms with E-state index in [-0.39, 0.29) is 17.8 Å². The van der Waals surface area contributed by atoms with Gasteiger partial charge in [-0.2, -0.15) is 0 Å². The fourth-order valence-corrected chi connectivity index (χ4v) is 4.60. The Labute approximate surface area is 192 Å². The molecule has 1 amide bonds. The van der Waals surface area contributed by atoms with Crippen molar-refractivity contribution < 1.29 is 9.18 Å². The third-order valence-electron chi connectivity index (χ3n) is 6.29. The summed E-state index contributed by atoms with van der Waals surface area (Å²) in [6.45, 7) is 7.63. The number of guanidine groups is 1. The van der Waals surface area contributed by atoms with Crippen LogP contribution in [-0.4, -0.2) is 44.3 Å². The minimum Gasteiger partial charge on any atom is -0.342 e. The Bertz CT molecular complexity index is 1270. The van der Waals surface area contributed by atoms with E-state index in [0.29, 0.717) is 11.7 Å². The monoisotopic (exact) mass is 443 g/mol. The summed E-state index contributed by atoms with van der Waals surface area (Å²) in [5, 5.41) is 0. The first kappa shape index (κ1) is 21.1. The van der Waals surface area contributed by atoms with Crippen molar-refractivity contribution in [2.45, 2.75) is 33.2 Å². The molecule has 2 aliphatic heterocycles. The second-order valence-electron chi connectivity index (χ2n) is 8.52. The first-order chi connectivity index (χ1) is 15.9. The zero-order valence-corrected chi connectivity index (χ0v) is 19.0. The number of rotatable bonds is 4. The van der Waals surface area contributed by atoms with E-state index in [9.17, 15) is 9.18 Å². The van der Waals surface area contributed by atoms with Crippen LogP contribution in [0, 0.1) is 19.7 Å². The molecule has 6 nitrogen and oxygen atoms in total. The number of nitrogens with zero attached hydrogens (tertiary/aromatic N) is 5. The van der Waals surface area contributed by atoms with Crippen molar-refractivity contribution in [3.63, 3.8) is 0 Å². The van der Waals surface area contributed by atoms with Gasteiger partial charge in [0.25, 0.3) is 5.91 Å². The van der Waals surface area contributed by atoms with Gasteiger partial charge in [0.05, 0.1) is 18.1 Å². The number of amides is 1. The van der Waals surface area contributed by atoms with Gasteiger partial charge in [-0.3, -0.25) is 9.69 Å². The summed E-state index contributed by atoms with van der Waals surface area (Å²) in [7, 11) is 0. The molecule has 2 aromatic carbocycles. The highest BCUT2D eigenvalue weighted by Gasteiger charge is 2.41. The minimum atomic E-state index is -0.281. The Morgan fingerprint density at radius 1 is 1.15 bits per heavy atom. The zero-order valence-electron chi connectivity index (χ0n) is 19.0. The lowest BCUT2D eigenvalue weighted by molar-refractivity contribution is -0.125. The molecule has 7 heteroatoms. The third kappa shape index (κ3) is 3.84. The van der Waals surface area contributed by atoms with Gasteiger partial charge >= 0.3 is 0 Å². The Balaban J connectivity index is 1.48. The maximum absolute atomic E-state index is 13.5. The SMILES string of the molecule is CCN1CC[C@@H](c2ccc(F)cc2)N2C(=O)/C(=C/c3ccc(-n4cnc(C)c4)c(C)c3)N=C12. The van der Waals surface area contributed by atoms with Crippen LogP contribution in [0.15, 0.2) is 65.7 Å². The van der Waals surface area contributed by atoms with Crippen LogP contribution in [0.4, 0.5) is 4.39 Å². The third-order valence-corrected chi connectivity index (χ3v) is 6.29. The summed E-state index contributed by atoms with van der Waals surface area (Å²) in [5.41, 5.74) is 5.35. The number of fused-ring (bicyclic) bond motifs is 1. The number of benzene rings is 2. The second kappa shape index (κ2) is 8.31. The van der Waals surface area contributed by atoms with E-state index in [2.05, 4.69) is 22.9 Å². The normalized spacial score (nSPS) is 19.3. The quantitative estimate of drug-likeness (QED) is 0.553. The van der Waals surface area contributed by atoms with Crippen LogP contribution in [0.5, 0.6) is 0 Å². The standard InChI is InChI=1S/C26H26FN5O/c1-4-30-12-11-24(20-6-8-21(27)9-7-20)32-25(33)22(29-26(30)32)14-19-5-10-23(17(2)13-19)31-15-18(3)28-16-31/h5-10,13-16,24H,4,11-12H2,1-3H3/b22-14-/t24-/m0/s1. The topological polar surface area (TPSA) is 53.7 Å². The maximum Gasteiger partial charge on any atom is 0.279 e. The van der Waals surface area contributed by atoms with Gasteiger partial charge in [0.15, 0.2) is 0 Å². The molecule has 0 aliphatic carbocycles. The van der Waals surface area contributed by atoms with Crippen molar-refractivity contribution in [3.8, 4) is 5.69 Å². The van der Waals surface area contributed by atoms with Crippen LogP contribution in [-0.2, 0) is 4.79 Å². The summed E-state index contributed by atoms with van der Waals surface area (Å²) in [5.74, 6) is 0.276. The fourth-order valence-electron chi connectivity index (χ4n) is 4.60. The molecular formula is C26H26FN5O. The number of carbonyl (C=O) groups is 1. The van der Waals surface area contributed by atoms with Crippen LogP contribution in [0.2, 0.25) is 0 Å². The van der Waals surface area contributed by atoms with Crippen molar-refractivity contribution in [2.24, 2.45) is 4.99 Å². The van der Waals surface area contributed by atoms with E-state index in [1.165, 1.54) is 12.1 Å². The summed E-state index contributed by atoms with van der Waals surface area (Å²) >= 11 is 0. The van der Waals surface area contributed by atoms with Gasteiger partial charge < -0.3 is 9.47 Å². The highest BCUT2D eigenvalue weighted by Crippen LogP contribution is 2.35. The van der Waals surface area contributed by atoms with E-state index in [1.54, 1.807) is 23.4 Å². The van der Waals surface area contributed by atoms with Gasteiger partial charge in [0, 0.05) is 25.0 Å². The highest BCUT2D eigenvalue weighted by molar-refractivity contribution is 6.14. The molecule has 0 saturated carbocycles. The predicted molar refractivity (Wildman–Crippen MR) is 126 cm³/mol. The summed E-state index contributed by atoms with van der Waals surface area (Å²) in [4.78, 5) is 26.4. The molecule has 2 aliphatic rings.